The summed E-state index contributed by atoms with van der Waals surface area (Å²) in [4.78, 5) is 0. The van der Waals surface area contributed by atoms with Gasteiger partial charge in [-0.25, -0.2) is 136 Å². The van der Waals surface area contributed by atoms with Gasteiger partial charge in [-0.05, 0) is 82.0 Å². The van der Waals surface area contributed by atoms with Crippen LogP contribution in [-0.2, 0) is 0 Å². The van der Waals surface area contributed by atoms with Crippen molar-refractivity contribution in [1.29, 1.82) is 0 Å². The van der Waals surface area contributed by atoms with E-state index >= 15 is 136 Å². The number of benzene rings is 13. The first-order chi connectivity index (χ1) is 52.4. The molecule has 0 N–H and O–H groups in total. The van der Waals surface area contributed by atoms with E-state index in [1.54, 1.807) is 33.8 Å². The van der Waals surface area contributed by atoms with Crippen LogP contribution in [0.5, 0.6) is 5.75 Å². The molecule has 1 aliphatic rings. The fourth-order valence-corrected chi connectivity index (χ4v) is 26.6. The number of allylic oxidation sites excluding steroid dienone is 4. The van der Waals surface area contributed by atoms with E-state index in [9.17, 15) is 0 Å². The van der Waals surface area contributed by atoms with E-state index in [0.717, 1.165) is 0 Å². The van der Waals surface area contributed by atoms with Crippen LogP contribution in [0.4, 0.5) is 136 Å². The maximum Gasteiger partial charge on any atom is 0.259 e. The first-order valence-electron chi connectivity index (χ1n) is 33.6. The summed E-state index contributed by atoms with van der Waals surface area (Å²) in [7, 11) is -7.95. The average Bonchev–Trinajstić information content (AvgIpc) is 0.897. The largest absolute Gasteiger partial charge is 0.539 e. The van der Waals surface area contributed by atoms with Gasteiger partial charge in [0.1, 0.15) is 64.3 Å². The molecule has 1 atom stereocenters. The smallest absolute Gasteiger partial charge is 0.259 e. The molecule has 0 spiro atoms. The van der Waals surface area contributed by atoms with Crippen molar-refractivity contribution in [3.05, 3.63) is 221 Å². The molecule has 1 nitrogen and oxygen atoms in total. The first-order valence-corrected chi connectivity index (χ1v) is 38.7. The zero-order valence-electron chi connectivity index (χ0n) is 59.2. The Labute approximate surface area is 615 Å². The Kier molecular flexibility index (Phi) is 18.0. The molecule has 113 heavy (non-hydrogen) atoms. The normalized spacial score (nSPS) is 15.0. The standard InChI is InChI=1S/C78H43BF31OSi2/c1-17(2)113(18(3)4,19(5)6)111-77-64(98)35-30-29-31(53(87)55(35)89)44(67(101)57(91)34(29)54(88)56(90)36(30)65(77)99)79(45-32-37(58(92)71(105)68(45)102)50(84)41-39(48(32)82)60(94)73(107)75(109)62(41)96,46-33-38(59(93)72(106)69(46)103)51(85)42-40(49(33)83)61(95)74(108)76(110)63(42)97)43-25-14-23-13-24(112(11,12)78(10)16-20(7)21(8)22(78)9)15-26(80)27(23)47(81)28(25)52(86)70(104)66(43)100/h13-19H,1-12H3/q-1. The van der Waals surface area contributed by atoms with E-state index in [0.29, 0.717) is 28.9 Å². The van der Waals surface area contributed by atoms with E-state index in [2.05, 4.69) is 0 Å². The Balaban J connectivity index is 1.42. The molecule has 0 aromatic heterocycles. The van der Waals surface area contributed by atoms with Crippen LogP contribution in [0.3, 0.4) is 0 Å². The second kappa shape index (κ2) is 25.5. The van der Waals surface area contributed by atoms with Crippen LogP contribution in [0.2, 0.25) is 34.8 Å². The van der Waals surface area contributed by atoms with Gasteiger partial charge in [-0.2, -0.15) is 0 Å². The van der Waals surface area contributed by atoms with Gasteiger partial charge in [-0.1, -0.05) is 90.0 Å². The maximum absolute atomic E-state index is 19.8. The zero-order valence-corrected chi connectivity index (χ0v) is 61.2. The molecule has 14 rings (SSSR count). The van der Waals surface area contributed by atoms with Gasteiger partial charge in [0.15, 0.2) is 128 Å². The van der Waals surface area contributed by atoms with Crippen molar-refractivity contribution in [3.8, 4) is 5.75 Å². The molecule has 35 heteroatoms. The molecule has 1 unspecified atom stereocenters. The van der Waals surface area contributed by atoms with Crippen molar-refractivity contribution in [1.82, 2.24) is 0 Å². The van der Waals surface area contributed by atoms with Gasteiger partial charge in [0.2, 0.25) is 0 Å². The lowest BCUT2D eigenvalue weighted by atomic mass is 9.11. The summed E-state index contributed by atoms with van der Waals surface area (Å²) in [5.41, 5.74) is -15.6. The number of hydrogen-bond donors (Lipinski definition) is 0. The van der Waals surface area contributed by atoms with Gasteiger partial charge >= 0.3 is 0 Å². The highest BCUT2D eigenvalue weighted by Gasteiger charge is 2.55. The molecule has 13 aromatic carbocycles. The fourth-order valence-electron chi connectivity index (χ4n) is 18.1. The summed E-state index contributed by atoms with van der Waals surface area (Å²) >= 11 is 0. The summed E-state index contributed by atoms with van der Waals surface area (Å²) < 4.78 is 558. The minimum atomic E-state index is -8.15. The van der Waals surface area contributed by atoms with Crippen molar-refractivity contribution >= 4 is 147 Å². The molecule has 0 amide bonds. The molecule has 0 bridgehead atoms. The molecule has 0 saturated carbocycles. The molecular formula is C78H43BF31OSi2-. The minimum absolute atomic E-state index is 0.218. The monoisotopic (exact) mass is 1650 g/mol. The average molecular weight is 1650 g/mol. The van der Waals surface area contributed by atoms with Gasteiger partial charge in [-0.3, -0.25) is 0 Å². The highest BCUT2D eigenvalue weighted by Crippen LogP contribution is 2.56. The van der Waals surface area contributed by atoms with Gasteiger partial charge in [0.05, 0.1) is 67.3 Å². The van der Waals surface area contributed by atoms with E-state index in [1.165, 1.54) is 54.6 Å². The Morgan fingerprint density at radius 3 is 0.920 bits per heavy atom. The van der Waals surface area contributed by atoms with Crippen molar-refractivity contribution in [3.63, 3.8) is 0 Å². The number of hydrogen-bond acceptors (Lipinski definition) is 1. The third-order valence-electron chi connectivity index (χ3n) is 23.7. The van der Waals surface area contributed by atoms with Crippen LogP contribution in [0.15, 0.2) is 41.0 Å². The van der Waals surface area contributed by atoms with Crippen LogP contribution in [-0.4, -0.2) is 22.5 Å². The predicted octanol–water partition coefficient (Wildman–Crippen LogP) is 23.7. The van der Waals surface area contributed by atoms with Crippen LogP contribution in [0.25, 0.3) is 97.0 Å². The van der Waals surface area contributed by atoms with E-state index < -0.39 is 349 Å². The summed E-state index contributed by atoms with van der Waals surface area (Å²) in [6.07, 6.45) is -6.51. The minimum Gasteiger partial charge on any atom is -0.539 e. The summed E-state index contributed by atoms with van der Waals surface area (Å²) in [5.74, 6) is -108. The summed E-state index contributed by atoms with van der Waals surface area (Å²) in [6, 6.07) is 0.984. The third kappa shape index (κ3) is 9.55. The molecule has 590 valence electrons. The SMILES string of the molecule is CC1=CC(C)([Si](C)(C)c2cc(F)c3c(F)c4c(F)c(F)c(F)c([B-](c5c(F)c(F)c(F)c6c(F)c7c(F)c(F)c(F)c(F)c7c(F)c56)(c5c(F)c(F)c(F)c6c(F)c7c(F)c(F)c(F)c(F)c7c(F)c56)c5c(F)c(F)c6c(F)c(F)c7c(F)c(O[Si](C(C)C)(C(C)C)C(C)C)c(F)c8c(F)c(F)c5c6c78)c4cc3c2)C(C)=C1C. The zero-order chi connectivity index (χ0) is 83.8. The highest BCUT2D eigenvalue weighted by atomic mass is 28.4. The summed E-state index contributed by atoms with van der Waals surface area (Å²) in [6.45, 7) is 17.7. The van der Waals surface area contributed by atoms with E-state index in [1.807, 2.05) is 0 Å². The predicted molar refractivity (Wildman–Crippen MR) is 367 cm³/mol. The van der Waals surface area contributed by atoms with Crippen molar-refractivity contribution in [2.45, 2.75) is 104 Å². The summed E-state index contributed by atoms with van der Waals surface area (Å²) in [5, 5.41) is -51.1. The lowest BCUT2D eigenvalue weighted by Crippen LogP contribution is -2.79. The van der Waals surface area contributed by atoms with Gasteiger partial charge in [0.25, 0.3) is 8.32 Å². The first kappa shape index (κ1) is 79.7. The van der Waals surface area contributed by atoms with Crippen LogP contribution in [0.1, 0.15) is 69.2 Å². The van der Waals surface area contributed by atoms with Gasteiger partial charge < -0.3 is 4.43 Å². The Morgan fingerprint density at radius 2 is 0.558 bits per heavy atom. The molecule has 0 saturated heterocycles. The van der Waals surface area contributed by atoms with Crippen molar-refractivity contribution in [2.75, 3.05) is 0 Å². The number of fused-ring (bicyclic) bond motifs is 6. The lowest BCUT2D eigenvalue weighted by Gasteiger charge is -2.47. The second-order valence-corrected chi connectivity index (χ2v) is 39.9. The highest BCUT2D eigenvalue weighted by molar-refractivity contribution is 7.23. The fraction of sp³-hybridized carbons (Fsp3) is 0.205. The van der Waals surface area contributed by atoms with Crippen LogP contribution in [0, 0.1) is 180 Å². The van der Waals surface area contributed by atoms with Crippen molar-refractivity contribution < 1.29 is 141 Å². The third-order valence-corrected chi connectivity index (χ3v) is 34.5. The topological polar surface area (TPSA) is 9.23 Å². The van der Waals surface area contributed by atoms with Crippen molar-refractivity contribution in [2.24, 2.45) is 0 Å². The molecule has 0 fully saturated rings. The number of rotatable bonds is 11. The second-order valence-electron chi connectivity index (χ2n) is 29.7. The molecule has 0 heterocycles. The Hall–Kier alpha value is -9.93. The lowest BCUT2D eigenvalue weighted by molar-refractivity contribution is 0.414. The Morgan fingerprint density at radius 1 is 0.292 bits per heavy atom. The van der Waals surface area contributed by atoms with Crippen LogP contribution >= 0.6 is 0 Å². The maximum atomic E-state index is 19.8. The van der Waals surface area contributed by atoms with E-state index in [4.69, 9.17) is 4.43 Å². The molecular weight excluding hydrogens is 1610 g/mol. The Bertz CT molecular complexity index is 6530. The van der Waals surface area contributed by atoms with Gasteiger partial charge in [0, 0.05) is 15.8 Å². The molecule has 0 radical (unpaired) electrons. The van der Waals surface area contributed by atoms with E-state index in [-0.39, 0.29) is 11.3 Å². The quantitative estimate of drug-likeness (QED) is 0.0313. The molecule has 13 aromatic rings. The van der Waals surface area contributed by atoms with Gasteiger partial charge in [-0.15, -0.1) is 21.9 Å². The molecule has 1 aliphatic carbocycles. The molecule has 0 aliphatic heterocycles. The van der Waals surface area contributed by atoms with Crippen LogP contribution < -0.4 is 31.5 Å². The number of halogens is 31.